The zero-order chi connectivity index (χ0) is 10.2. The standard InChI is InChI=1S/C12H18N2/c1-3-8-14-11(2)4-5-12-6-9-13-10-7-12/h4-7,9-11,14H,3,8H2,1-2H3/b5-4+. The van der Waals surface area contributed by atoms with Crippen LogP contribution in [0.4, 0.5) is 0 Å². The van der Waals surface area contributed by atoms with Gasteiger partial charge in [0, 0.05) is 18.4 Å². The summed E-state index contributed by atoms with van der Waals surface area (Å²) in [6.45, 7) is 5.40. The second-order valence-corrected chi connectivity index (χ2v) is 3.38. The van der Waals surface area contributed by atoms with Gasteiger partial charge in [0.15, 0.2) is 0 Å². The Labute approximate surface area is 86.1 Å². The Morgan fingerprint density at radius 2 is 2.14 bits per heavy atom. The number of pyridine rings is 1. The van der Waals surface area contributed by atoms with Gasteiger partial charge in [-0.25, -0.2) is 0 Å². The molecule has 0 amide bonds. The van der Waals surface area contributed by atoms with Crippen LogP contribution in [0.3, 0.4) is 0 Å². The fraction of sp³-hybridized carbons (Fsp3) is 0.417. The van der Waals surface area contributed by atoms with Crippen LogP contribution in [0.5, 0.6) is 0 Å². The maximum absolute atomic E-state index is 3.97. The number of nitrogens with one attached hydrogen (secondary N) is 1. The SMILES string of the molecule is CCCNC(C)/C=C/c1ccncc1. The van der Waals surface area contributed by atoms with Gasteiger partial charge in [0.05, 0.1) is 0 Å². The topological polar surface area (TPSA) is 24.9 Å². The van der Waals surface area contributed by atoms with Gasteiger partial charge in [-0.2, -0.15) is 0 Å². The zero-order valence-corrected chi connectivity index (χ0v) is 8.90. The van der Waals surface area contributed by atoms with E-state index in [0.717, 1.165) is 6.54 Å². The van der Waals surface area contributed by atoms with E-state index in [1.807, 2.05) is 24.5 Å². The summed E-state index contributed by atoms with van der Waals surface area (Å²) in [5, 5.41) is 3.40. The van der Waals surface area contributed by atoms with Crippen LogP contribution in [0.25, 0.3) is 6.08 Å². The number of rotatable bonds is 5. The van der Waals surface area contributed by atoms with Crippen molar-refractivity contribution < 1.29 is 0 Å². The molecule has 1 rings (SSSR count). The minimum atomic E-state index is 0.433. The van der Waals surface area contributed by atoms with Crippen molar-refractivity contribution in [2.45, 2.75) is 26.3 Å². The minimum Gasteiger partial charge on any atom is -0.311 e. The number of hydrogen-bond acceptors (Lipinski definition) is 2. The van der Waals surface area contributed by atoms with Gasteiger partial charge in [0.1, 0.15) is 0 Å². The molecule has 1 aromatic heterocycles. The monoisotopic (exact) mass is 190 g/mol. The number of aromatic nitrogens is 1. The Morgan fingerprint density at radius 1 is 1.43 bits per heavy atom. The highest BCUT2D eigenvalue weighted by atomic mass is 14.9. The molecular weight excluding hydrogens is 172 g/mol. The second-order valence-electron chi connectivity index (χ2n) is 3.38. The van der Waals surface area contributed by atoms with Gasteiger partial charge >= 0.3 is 0 Å². The van der Waals surface area contributed by atoms with E-state index in [0.29, 0.717) is 6.04 Å². The molecule has 0 spiro atoms. The van der Waals surface area contributed by atoms with Crippen LogP contribution in [-0.2, 0) is 0 Å². The third kappa shape index (κ3) is 4.19. The molecule has 0 bridgehead atoms. The highest BCUT2D eigenvalue weighted by Crippen LogP contribution is 2.00. The summed E-state index contributed by atoms with van der Waals surface area (Å²) in [5.41, 5.74) is 1.20. The van der Waals surface area contributed by atoms with E-state index in [1.165, 1.54) is 12.0 Å². The summed E-state index contributed by atoms with van der Waals surface area (Å²) < 4.78 is 0. The van der Waals surface area contributed by atoms with Crippen LogP contribution < -0.4 is 5.32 Å². The third-order valence-corrected chi connectivity index (χ3v) is 2.00. The summed E-state index contributed by atoms with van der Waals surface area (Å²) in [5.74, 6) is 0. The molecular formula is C12H18N2. The van der Waals surface area contributed by atoms with Crippen LogP contribution >= 0.6 is 0 Å². The van der Waals surface area contributed by atoms with E-state index in [1.54, 1.807) is 0 Å². The van der Waals surface area contributed by atoms with Gasteiger partial charge in [-0.15, -0.1) is 0 Å². The summed E-state index contributed by atoms with van der Waals surface area (Å²) >= 11 is 0. The molecule has 0 radical (unpaired) electrons. The maximum Gasteiger partial charge on any atom is 0.0273 e. The lowest BCUT2D eigenvalue weighted by molar-refractivity contribution is 0.625. The van der Waals surface area contributed by atoms with Gasteiger partial charge in [-0.3, -0.25) is 4.98 Å². The highest BCUT2D eigenvalue weighted by Gasteiger charge is 1.92. The van der Waals surface area contributed by atoms with Gasteiger partial charge in [0.25, 0.3) is 0 Å². The van der Waals surface area contributed by atoms with E-state index < -0.39 is 0 Å². The van der Waals surface area contributed by atoms with Crippen molar-refractivity contribution in [2.24, 2.45) is 0 Å². The van der Waals surface area contributed by atoms with Gasteiger partial charge in [0.2, 0.25) is 0 Å². The first-order chi connectivity index (χ1) is 6.83. The summed E-state index contributed by atoms with van der Waals surface area (Å²) in [4.78, 5) is 3.97. The van der Waals surface area contributed by atoms with Crippen molar-refractivity contribution in [1.29, 1.82) is 0 Å². The van der Waals surface area contributed by atoms with Gasteiger partial charge < -0.3 is 5.32 Å². The average Bonchev–Trinajstić information content (AvgIpc) is 2.25. The zero-order valence-electron chi connectivity index (χ0n) is 8.90. The average molecular weight is 190 g/mol. The molecule has 0 fully saturated rings. The fourth-order valence-electron chi connectivity index (χ4n) is 1.17. The Hall–Kier alpha value is -1.15. The van der Waals surface area contributed by atoms with Crippen LogP contribution in [-0.4, -0.2) is 17.6 Å². The van der Waals surface area contributed by atoms with Crippen molar-refractivity contribution in [3.63, 3.8) is 0 Å². The first-order valence-electron chi connectivity index (χ1n) is 5.14. The van der Waals surface area contributed by atoms with Gasteiger partial charge in [-0.1, -0.05) is 19.1 Å². The first kappa shape index (κ1) is 10.9. The predicted molar refractivity (Wildman–Crippen MR) is 61.0 cm³/mol. The fourth-order valence-corrected chi connectivity index (χ4v) is 1.17. The van der Waals surface area contributed by atoms with Crippen molar-refractivity contribution in [2.75, 3.05) is 6.54 Å². The van der Waals surface area contributed by atoms with Crippen molar-refractivity contribution in [3.05, 3.63) is 36.2 Å². The van der Waals surface area contributed by atoms with Gasteiger partial charge in [-0.05, 0) is 37.6 Å². The van der Waals surface area contributed by atoms with Crippen LogP contribution in [0.1, 0.15) is 25.8 Å². The number of nitrogens with zero attached hydrogens (tertiary/aromatic N) is 1. The van der Waals surface area contributed by atoms with E-state index in [4.69, 9.17) is 0 Å². The Kier molecular flexibility index (Phi) is 4.94. The molecule has 1 N–H and O–H groups in total. The molecule has 1 unspecified atom stereocenters. The first-order valence-corrected chi connectivity index (χ1v) is 5.14. The molecule has 0 aliphatic rings. The molecule has 0 saturated heterocycles. The lowest BCUT2D eigenvalue weighted by Crippen LogP contribution is -2.24. The summed E-state index contributed by atoms with van der Waals surface area (Å²) in [6, 6.07) is 4.44. The van der Waals surface area contributed by atoms with Crippen LogP contribution in [0.2, 0.25) is 0 Å². The molecule has 14 heavy (non-hydrogen) atoms. The largest absolute Gasteiger partial charge is 0.311 e. The Morgan fingerprint density at radius 3 is 2.79 bits per heavy atom. The lowest BCUT2D eigenvalue weighted by atomic mass is 10.2. The molecule has 0 aliphatic carbocycles. The highest BCUT2D eigenvalue weighted by molar-refractivity contribution is 5.48. The molecule has 1 atom stereocenters. The molecule has 2 heteroatoms. The molecule has 0 aromatic carbocycles. The van der Waals surface area contributed by atoms with E-state index >= 15 is 0 Å². The minimum absolute atomic E-state index is 0.433. The third-order valence-electron chi connectivity index (χ3n) is 2.00. The molecule has 76 valence electrons. The van der Waals surface area contributed by atoms with E-state index in [2.05, 4.69) is 36.3 Å². The van der Waals surface area contributed by atoms with E-state index in [9.17, 15) is 0 Å². The smallest absolute Gasteiger partial charge is 0.0273 e. The van der Waals surface area contributed by atoms with Crippen molar-refractivity contribution >= 4 is 6.08 Å². The second kappa shape index (κ2) is 6.33. The van der Waals surface area contributed by atoms with Crippen molar-refractivity contribution in [1.82, 2.24) is 10.3 Å². The number of hydrogen-bond donors (Lipinski definition) is 1. The summed E-state index contributed by atoms with van der Waals surface area (Å²) in [6.07, 6.45) is 9.08. The Balaban J connectivity index is 2.39. The van der Waals surface area contributed by atoms with Crippen LogP contribution in [0.15, 0.2) is 30.6 Å². The quantitative estimate of drug-likeness (QED) is 0.771. The van der Waals surface area contributed by atoms with Crippen molar-refractivity contribution in [3.8, 4) is 0 Å². The van der Waals surface area contributed by atoms with Crippen LogP contribution in [0, 0.1) is 0 Å². The summed E-state index contributed by atoms with van der Waals surface area (Å²) in [7, 11) is 0. The maximum atomic E-state index is 3.97. The molecule has 2 nitrogen and oxygen atoms in total. The molecule has 1 heterocycles. The lowest BCUT2D eigenvalue weighted by Gasteiger charge is -2.07. The normalized spacial score (nSPS) is 13.3. The predicted octanol–water partition coefficient (Wildman–Crippen LogP) is 2.48. The van der Waals surface area contributed by atoms with E-state index in [-0.39, 0.29) is 0 Å². The molecule has 1 aromatic rings. The Bertz CT molecular complexity index is 267. The molecule has 0 saturated carbocycles. The molecule has 0 aliphatic heterocycles.